The molecule has 2 aliphatic heterocycles. The highest BCUT2D eigenvalue weighted by atomic mass is 19.1. The van der Waals surface area contributed by atoms with Gasteiger partial charge < -0.3 is 19.9 Å². The first-order chi connectivity index (χ1) is 13.4. The lowest BCUT2D eigenvalue weighted by Gasteiger charge is -2.31. The lowest BCUT2D eigenvalue weighted by atomic mass is 9.96. The Morgan fingerprint density at radius 2 is 1.89 bits per heavy atom. The standard InChI is InChI=1S/C20H27FN4O3/c1-20(15-3-4-15)18(26)25(19(27)22-20)13-24-9-7-23(8-10-24)12-14-11-16(21)5-6-17(14)28-2/h5-6,11,15H,3-4,7-10,12-13H2,1-2H3,(H,22,27)/p+2/t20-/m0/s1. The molecule has 0 spiro atoms. The Labute approximate surface area is 164 Å². The Morgan fingerprint density at radius 3 is 2.54 bits per heavy atom. The van der Waals surface area contributed by atoms with Crippen molar-refractivity contribution in [1.29, 1.82) is 0 Å². The molecule has 1 aromatic carbocycles. The van der Waals surface area contributed by atoms with E-state index >= 15 is 0 Å². The minimum Gasteiger partial charge on any atom is -0.496 e. The summed E-state index contributed by atoms with van der Waals surface area (Å²) >= 11 is 0. The Bertz CT molecular complexity index is 777. The third-order valence-electron chi connectivity index (χ3n) is 6.42. The fourth-order valence-electron chi connectivity index (χ4n) is 4.47. The van der Waals surface area contributed by atoms with Crippen molar-refractivity contribution in [2.45, 2.75) is 31.8 Å². The van der Waals surface area contributed by atoms with Crippen LogP contribution in [0.5, 0.6) is 5.75 Å². The second-order valence-electron chi connectivity index (χ2n) is 8.43. The van der Waals surface area contributed by atoms with E-state index in [1.54, 1.807) is 13.2 Å². The topological polar surface area (TPSA) is 67.5 Å². The number of ether oxygens (including phenoxy) is 1. The van der Waals surface area contributed by atoms with Gasteiger partial charge in [-0.05, 0) is 43.9 Å². The van der Waals surface area contributed by atoms with Gasteiger partial charge >= 0.3 is 6.03 Å². The minimum absolute atomic E-state index is 0.0771. The van der Waals surface area contributed by atoms with Crippen LogP contribution in [-0.4, -0.2) is 62.3 Å². The van der Waals surface area contributed by atoms with Gasteiger partial charge in [0.25, 0.3) is 5.91 Å². The summed E-state index contributed by atoms with van der Waals surface area (Å²) in [5.74, 6) is 0.664. The number of carbonyl (C=O) groups excluding carboxylic acids is 2. The number of carbonyl (C=O) groups is 2. The molecule has 4 rings (SSSR count). The number of imide groups is 1. The van der Waals surface area contributed by atoms with Crippen molar-refractivity contribution < 1.29 is 28.5 Å². The molecule has 0 radical (unpaired) electrons. The molecule has 28 heavy (non-hydrogen) atoms. The van der Waals surface area contributed by atoms with Gasteiger partial charge in [0.05, 0.1) is 12.7 Å². The van der Waals surface area contributed by atoms with Crippen LogP contribution in [0.3, 0.4) is 0 Å². The molecule has 3 N–H and O–H groups in total. The van der Waals surface area contributed by atoms with Crippen molar-refractivity contribution >= 4 is 11.9 Å². The van der Waals surface area contributed by atoms with Crippen molar-refractivity contribution in [2.24, 2.45) is 5.92 Å². The largest absolute Gasteiger partial charge is 0.496 e. The number of nitrogens with one attached hydrogen (secondary N) is 3. The van der Waals surface area contributed by atoms with E-state index in [9.17, 15) is 14.0 Å². The van der Waals surface area contributed by atoms with Gasteiger partial charge in [0.1, 0.15) is 49.8 Å². The molecule has 0 aromatic heterocycles. The number of amides is 3. The zero-order valence-electron chi connectivity index (χ0n) is 16.5. The smallest absolute Gasteiger partial charge is 0.329 e. The Hall–Kier alpha value is -2.19. The molecule has 7 nitrogen and oxygen atoms in total. The Kier molecular flexibility index (Phi) is 5.01. The molecule has 1 aliphatic carbocycles. The zero-order chi connectivity index (χ0) is 19.9. The molecule has 1 atom stereocenters. The number of urea groups is 1. The predicted octanol–water partition coefficient (Wildman–Crippen LogP) is -1.20. The Morgan fingerprint density at radius 1 is 1.21 bits per heavy atom. The highest BCUT2D eigenvalue weighted by Gasteiger charge is 2.56. The van der Waals surface area contributed by atoms with Gasteiger partial charge in [0.15, 0.2) is 6.67 Å². The van der Waals surface area contributed by atoms with Crippen molar-refractivity contribution in [2.75, 3.05) is 40.0 Å². The molecule has 8 heteroatoms. The zero-order valence-corrected chi connectivity index (χ0v) is 16.5. The fraction of sp³-hybridized carbons (Fsp3) is 0.600. The quantitative estimate of drug-likeness (QED) is 0.533. The average Bonchev–Trinajstić information content (AvgIpc) is 3.49. The van der Waals surface area contributed by atoms with Crippen LogP contribution in [-0.2, 0) is 11.3 Å². The summed E-state index contributed by atoms with van der Waals surface area (Å²) < 4.78 is 18.9. The summed E-state index contributed by atoms with van der Waals surface area (Å²) in [6.07, 6.45) is 2.02. The normalized spacial score (nSPS) is 30.5. The number of hydrogen-bond donors (Lipinski definition) is 3. The van der Waals surface area contributed by atoms with E-state index in [1.807, 2.05) is 6.92 Å². The maximum atomic E-state index is 13.6. The molecule has 152 valence electrons. The van der Waals surface area contributed by atoms with E-state index in [0.717, 1.165) is 44.6 Å². The van der Waals surface area contributed by atoms with Gasteiger partial charge in [0.2, 0.25) is 0 Å². The van der Waals surface area contributed by atoms with Gasteiger partial charge in [-0.3, -0.25) is 4.79 Å². The summed E-state index contributed by atoms with van der Waals surface area (Å²) in [4.78, 5) is 29.1. The first kappa shape index (κ1) is 19.1. The SMILES string of the molecule is COc1ccc(F)cc1C[NH+]1CC[NH+](CN2C(=O)N[C@@](C)(C3CC3)C2=O)CC1. The second-order valence-corrected chi connectivity index (χ2v) is 8.43. The van der Waals surface area contributed by atoms with E-state index in [0.29, 0.717) is 19.0 Å². The predicted molar refractivity (Wildman–Crippen MR) is 99.4 cm³/mol. The van der Waals surface area contributed by atoms with Crippen LogP contribution in [0.4, 0.5) is 9.18 Å². The molecular formula is C20H29FN4O3+2. The summed E-state index contributed by atoms with van der Waals surface area (Å²) in [5.41, 5.74) is 0.160. The summed E-state index contributed by atoms with van der Waals surface area (Å²) in [5, 5.41) is 2.91. The third kappa shape index (κ3) is 3.58. The molecule has 3 amide bonds. The molecular weight excluding hydrogens is 363 g/mol. The van der Waals surface area contributed by atoms with E-state index < -0.39 is 5.54 Å². The van der Waals surface area contributed by atoms with Crippen LogP contribution in [0.25, 0.3) is 0 Å². The molecule has 3 fully saturated rings. The maximum absolute atomic E-state index is 13.6. The maximum Gasteiger partial charge on any atom is 0.329 e. The first-order valence-electron chi connectivity index (χ1n) is 10.0. The van der Waals surface area contributed by atoms with E-state index in [1.165, 1.54) is 26.8 Å². The van der Waals surface area contributed by atoms with Gasteiger partial charge in [-0.1, -0.05) is 0 Å². The summed E-state index contributed by atoms with van der Waals surface area (Å²) in [7, 11) is 1.60. The molecule has 2 saturated heterocycles. The lowest BCUT2D eigenvalue weighted by molar-refractivity contribution is -1.02. The molecule has 0 unspecified atom stereocenters. The fourth-order valence-corrected chi connectivity index (χ4v) is 4.47. The number of rotatable bonds is 6. The highest BCUT2D eigenvalue weighted by Crippen LogP contribution is 2.42. The third-order valence-corrected chi connectivity index (χ3v) is 6.42. The number of halogens is 1. The van der Waals surface area contributed by atoms with E-state index in [-0.39, 0.29) is 23.7 Å². The van der Waals surface area contributed by atoms with Gasteiger partial charge in [0, 0.05) is 0 Å². The van der Waals surface area contributed by atoms with Crippen LogP contribution in [0.15, 0.2) is 18.2 Å². The van der Waals surface area contributed by atoms with E-state index in [4.69, 9.17) is 4.74 Å². The van der Waals surface area contributed by atoms with Crippen LogP contribution in [0.1, 0.15) is 25.3 Å². The average molecular weight is 392 g/mol. The van der Waals surface area contributed by atoms with Gasteiger partial charge in [-0.2, -0.15) is 0 Å². The van der Waals surface area contributed by atoms with Gasteiger partial charge in [-0.15, -0.1) is 0 Å². The molecule has 1 saturated carbocycles. The summed E-state index contributed by atoms with van der Waals surface area (Å²) in [6, 6.07) is 4.36. The van der Waals surface area contributed by atoms with Crippen molar-refractivity contribution in [3.63, 3.8) is 0 Å². The van der Waals surface area contributed by atoms with Crippen LogP contribution in [0, 0.1) is 11.7 Å². The monoisotopic (exact) mass is 392 g/mol. The summed E-state index contributed by atoms with van der Waals surface area (Å²) in [6.45, 7) is 6.51. The number of benzene rings is 1. The molecule has 2 heterocycles. The molecule has 0 bridgehead atoms. The van der Waals surface area contributed by atoms with Crippen LogP contribution < -0.4 is 19.9 Å². The number of nitrogens with zero attached hydrogens (tertiary/aromatic N) is 1. The lowest BCUT2D eigenvalue weighted by Crippen LogP contribution is -3.28. The van der Waals surface area contributed by atoms with Crippen LogP contribution in [0.2, 0.25) is 0 Å². The van der Waals surface area contributed by atoms with Crippen molar-refractivity contribution in [3.05, 3.63) is 29.6 Å². The number of quaternary nitrogens is 2. The van der Waals surface area contributed by atoms with Gasteiger partial charge in [-0.25, -0.2) is 14.1 Å². The number of hydrogen-bond acceptors (Lipinski definition) is 3. The minimum atomic E-state index is -0.711. The second kappa shape index (κ2) is 7.33. The van der Waals surface area contributed by atoms with Crippen molar-refractivity contribution in [1.82, 2.24) is 10.2 Å². The molecule has 3 aliphatic rings. The van der Waals surface area contributed by atoms with Crippen molar-refractivity contribution in [3.8, 4) is 5.75 Å². The number of piperazine rings is 1. The number of methoxy groups -OCH3 is 1. The molecule has 1 aromatic rings. The Balaban J connectivity index is 1.32. The van der Waals surface area contributed by atoms with E-state index in [2.05, 4.69) is 5.32 Å². The first-order valence-corrected chi connectivity index (χ1v) is 10.0. The van der Waals surface area contributed by atoms with Crippen LogP contribution >= 0.6 is 0 Å². The highest BCUT2D eigenvalue weighted by molar-refractivity contribution is 6.07.